The van der Waals surface area contributed by atoms with E-state index >= 15 is 0 Å². The van der Waals surface area contributed by atoms with E-state index in [1.165, 1.54) is 23.4 Å². The van der Waals surface area contributed by atoms with Crippen LogP contribution in [-0.2, 0) is 32.5 Å². The first-order valence-corrected chi connectivity index (χ1v) is 10.9. The van der Waals surface area contributed by atoms with Gasteiger partial charge in [-0.15, -0.1) is 11.3 Å². The summed E-state index contributed by atoms with van der Waals surface area (Å²) in [5.41, 5.74) is 2.95. The maximum absolute atomic E-state index is 12.9. The van der Waals surface area contributed by atoms with Gasteiger partial charge in [0.2, 0.25) is 0 Å². The minimum Gasteiger partial charge on any atom is -0.334 e. The van der Waals surface area contributed by atoms with Gasteiger partial charge < -0.3 is 4.90 Å². The number of fused-ring (bicyclic) bond motifs is 2. The fourth-order valence-electron chi connectivity index (χ4n) is 3.98. The molecule has 0 N–H and O–H groups in total. The molecule has 2 aliphatic rings. The number of carbonyl (C=O) groups excluding carboxylic acids is 1. The molecule has 6 nitrogen and oxygen atoms in total. The quantitative estimate of drug-likeness (QED) is 0.809. The van der Waals surface area contributed by atoms with E-state index in [1.54, 1.807) is 16.2 Å². The molecule has 0 saturated heterocycles. The van der Waals surface area contributed by atoms with Gasteiger partial charge in [-0.3, -0.25) is 14.4 Å². The first-order chi connectivity index (χ1) is 13.0. The number of rotatable bonds is 4. The molecule has 1 aliphatic heterocycles. The molecule has 0 fully saturated rings. The highest BCUT2D eigenvalue weighted by atomic mass is 32.1. The van der Waals surface area contributed by atoms with E-state index < -0.39 is 0 Å². The van der Waals surface area contributed by atoms with E-state index in [0.29, 0.717) is 18.3 Å². The Morgan fingerprint density at radius 3 is 2.85 bits per heavy atom. The summed E-state index contributed by atoms with van der Waals surface area (Å²) < 4.78 is 2.02. The lowest BCUT2D eigenvalue weighted by atomic mass is 10.0. The molecule has 27 heavy (non-hydrogen) atoms. The van der Waals surface area contributed by atoms with Crippen molar-refractivity contribution < 1.29 is 4.79 Å². The van der Waals surface area contributed by atoms with Gasteiger partial charge in [-0.1, -0.05) is 0 Å². The zero-order valence-electron chi connectivity index (χ0n) is 16.6. The van der Waals surface area contributed by atoms with Crippen molar-refractivity contribution >= 4 is 17.2 Å². The number of amides is 1. The molecule has 1 amide bonds. The SMILES string of the molecule is CC(C)N1CCCn2nc(C(=O)N(C)Cc3nc4c(s3)CCCC4)cc2C1. The number of hydrogen-bond acceptors (Lipinski definition) is 5. The number of thiazole rings is 1. The van der Waals surface area contributed by atoms with Crippen LogP contribution in [0.25, 0.3) is 0 Å². The zero-order chi connectivity index (χ0) is 19.0. The van der Waals surface area contributed by atoms with Gasteiger partial charge in [-0.25, -0.2) is 4.98 Å². The van der Waals surface area contributed by atoms with Gasteiger partial charge in [0.15, 0.2) is 5.69 Å². The molecule has 0 radical (unpaired) electrons. The van der Waals surface area contributed by atoms with Crippen LogP contribution in [0.3, 0.4) is 0 Å². The van der Waals surface area contributed by atoms with Crippen LogP contribution < -0.4 is 0 Å². The van der Waals surface area contributed by atoms with Crippen LogP contribution in [0.1, 0.15) is 64.9 Å². The van der Waals surface area contributed by atoms with Gasteiger partial charge in [0, 0.05) is 37.6 Å². The van der Waals surface area contributed by atoms with Crippen molar-refractivity contribution in [3.05, 3.63) is 33.0 Å². The maximum atomic E-state index is 12.9. The Labute approximate surface area is 165 Å². The second-order valence-corrected chi connectivity index (χ2v) is 9.18. The van der Waals surface area contributed by atoms with Gasteiger partial charge in [0.25, 0.3) is 5.91 Å². The first kappa shape index (κ1) is 18.6. The van der Waals surface area contributed by atoms with Gasteiger partial charge in [-0.05, 0) is 52.0 Å². The van der Waals surface area contributed by atoms with Crippen molar-refractivity contribution in [2.75, 3.05) is 13.6 Å². The van der Waals surface area contributed by atoms with Gasteiger partial charge in [-0.2, -0.15) is 5.10 Å². The maximum Gasteiger partial charge on any atom is 0.274 e. The predicted molar refractivity (Wildman–Crippen MR) is 107 cm³/mol. The summed E-state index contributed by atoms with van der Waals surface area (Å²) in [6, 6.07) is 2.48. The molecule has 0 atom stereocenters. The molecule has 0 aromatic carbocycles. The van der Waals surface area contributed by atoms with E-state index in [1.807, 2.05) is 17.8 Å². The lowest BCUT2D eigenvalue weighted by Crippen LogP contribution is -2.30. The van der Waals surface area contributed by atoms with Crippen LogP contribution in [-0.4, -0.2) is 50.1 Å². The van der Waals surface area contributed by atoms with E-state index in [4.69, 9.17) is 4.98 Å². The molecule has 3 heterocycles. The number of aromatic nitrogens is 3. The predicted octanol–water partition coefficient (Wildman–Crippen LogP) is 3.10. The largest absolute Gasteiger partial charge is 0.334 e. The number of hydrogen-bond donors (Lipinski definition) is 0. The van der Waals surface area contributed by atoms with Gasteiger partial charge in [0.1, 0.15) is 5.01 Å². The number of nitrogens with zero attached hydrogens (tertiary/aromatic N) is 5. The molecule has 0 unspecified atom stereocenters. The number of carbonyl (C=O) groups is 1. The monoisotopic (exact) mass is 387 g/mol. The highest BCUT2D eigenvalue weighted by Gasteiger charge is 2.23. The van der Waals surface area contributed by atoms with Crippen LogP contribution >= 0.6 is 11.3 Å². The third kappa shape index (κ3) is 3.94. The van der Waals surface area contributed by atoms with Gasteiger partial charge in [0.05, 0.1) is 17.9 Å². The molecular weight excluding hydrogens is 358 g/mol. The van der Waals surface area contributed by atoms with E-state index in [9.17, 15) is 4.79 Å². The highest BCUT2D eigenvalue weighted by molar-refractivity contribution is 7.11. The standard InChI is InChI=1S/C20H29N5OS/c1-14(2)24-9-6-10-25-15(12-24)11-17(22-25)20(26)23(3)13-19-21-16-7-4-5-8-18(16)27-19/h11,14H,4-10,12-13H2,1-3H3. The van der Waals surface area contributed by atoms with Crippen molar-refractivity contribution in [1.29, 1.82) is 0 Å². The van der Waals surface area contributed by atoms with Crippen LogP contribution in [0.2, 0.25) is 0 Å². The van der Waals surface area contributed by atoms with Crippen molar-refractivity contribution in [1.82, 2.24) is 24.6 Å². The molecule has 7 heteroatoms. The minimum atomic E-state index is -0.0140. The smallest absolute Gasteiger partial charge is 0.274 e. The normalized spacial score (nSPS) is 17.5. The fraction of sp³-hybridized carbons (Fsp3) is 0.650. The summed E-state index contributed by atoms with van der Waals surface area (Å²) in [6.45, 7) is 7.84. The molecule has 0 saturated carbocycles. The second kappa shape index (κ2) is 7.72. The van der Waals surface area contributed by atoms with Crippen molar-refractivity contribution in [3.8, 4) is 0 Å². The molecule has 2 aromatic heterocycles. The van der Waals surface area contributed by atoms with Crippen molar-refractivity contribution in [2.24, 2.45) is 0 Å². The van der Waals surface area contributed by atoms with Crippen molar-refractivity contribution in [3.63, 3.8) is 0 Å². The Balaban J connectivity index is 1.46. The summed E-state index contributed by atoms with van der Waals surface area (Å²) in [6.07, 6.45) is 5.80. The third-order valence-corrected chi connectivity index (χ3v) is 6.74. The molecule has 0 spiro atoms. The second-order valence-electron chi connectivity index (χ2n) is 8.01. The van der Waals surface area contributed by atoms with Gasteiger partial charge >= 0.3 is 0 Å². The molecule has 2 aromatic rings. The highest BCUT2D eigenvalue weighted by Crippen LogP contribution is 2.27. The Bertz CT molecular complexity index is 801. The first-order valence-electron chi connectivity index (χ1n) is 10.0. The van der Waals surface area contributed by atoms with Crippen LogP contribution in [0.4, 0.5) is 0 Å². The minimum absolute atomic E-state index is 0.0140. The Morgan fingerprint density at radius 2 is 2.07 bits per heavy atom. The lowest BCUT2D eigenvalue weighted by molar-refractivity contribution is 0.0778. The summed E-state index contributed by atoms with van der Waals surface area (Å²) in [7, 11) is 1.85. The topological polar surface area (TPSA) is 54.3 Å². The average molecular weight is 388 g/mol. The zero-order valence-corrected chi connectivity index (χ0v) is 17.4. The Kier molecular flexibility index (Phi) is 5.32. The van der Waals surface area contributed by atoms with Crippen LogP contribution in [0.15, 0.2) is 6.07 Å². The Morgan fingerprint density at radius 1 is 1.26 bits per heavy atom. The fourth-order valence-corrected chi connectivity index (χ4v) is 5.19. The summed E-state index contributed by atoms with van der Waals surface area (Å²) in [4.78, 5) is 23.3. The summed E-state index contributed by atoms with van der Waals surface area (Å²) in [5.74, 6) is -0.0140. The average Bonchev–Trinajstić information content (AvgIpc) is 3.18. The van der Waals surface area contributed by atoms with Crippen LogP contribution in [0, 0.1) is 0 Å². The molecule has 4 rings (SSSR count). The molecule has 1 aliphatic carbocycles. The molecule has 0 bridgehead atoms. The lowest BCUT2D eigenvalue weighted by Gasteiger charge is -2.23. The van der Waals surface area contributed by atoms with Crippen molar-refractivity contribution in [2.45, 2.75) is 71.6 Å². The van der Waals surface area contributed by atoms with E-state index in [0.717, 1.165) is 49.6 Å². The number of aryl methyl sites for hydroxylation is 3. The summed E-state index contributed by atoms with van der Waals surface area (Å²) >= 11 is 1.77. The third-order valence-electron chi connectivity index (χ3n) is 5.60. The molecule has 146 valence electrons. The van der Waals surface area contributed by atoms with E-state index in [-0.39, 0.29) is 5.91 Å². The van der Waals surface area contributed by atoms with E-state index in [2.05, 4.69) is 23.8 Å². The molecular formula is C20H29N5OS. The summed E-state index contributed by atoms with van der Waals surface area (Å²) in [5, 5.41) is 5.66. The Hall–Kier alpha value is -1.73. The van der Waals surface area contributed by atoms with Crippen LogP contribution in [0.5, 0.6) is 0 Å².